The molecule has 11 nitrogen and oxygen atoms in total. The minimum Gasteiger partial charge on any atom is -0.508 e. The van der Waals surface area contributed by atoms with Crippen LogP contribution in [0.3, 0.4) is 0 Å². The van der Waals surface area contributed by atoms with Gasteiger partial charge in [0.05, 0.1) is 12.2 Å². The molecule has 0 aliphatic carbocycles. The Bertz CT molecular complexity index is 1190. The molecule has 0 spiro atoms. The molecule has 1 aliphatic rings. The summed E-state index contributed by atoms with van der Waals surface area (Å²) in [6, 6.07) is 6.50. The summed E-state index contributed by atoms with van der Waals surface area (Å²) in [6.45, 7) is -0.696. The van der Waals surface area contributed by atoms with Crippen LogP contribution >= 0.6 is 0 Å². The van der Waals surface area contributed by atoms with Crippen molar-refractivity contribution in [3.63, 3.8) is 0 Å². The van der Waals surface area contributed by atoms with Gasteiger partial charge in [0, 0.05) is 6.07 Å². The lowest BCUT2D eigenvalue weighted by Gasteiger charge is -2.39. The third kappa shape index (κ3) is 3.61. The monoisotopic (exact) mass is 448 g/mol. The van der Waals surface area contributed by atoms with Crippen LogP contribution in [0.25, 0.3) is 22.1 Å². The van der Waals surface area contributed by atoms with Gasteiger partial charge in [0.1, 0.15) is 47.6 Å². The summed E-state index contributed by atoms with van der Waals surface area (Å²) in [5, 5.41) is 69.0. The van der Waals surface area contributed by atoms with E-state index in [0.29, 0.717) is 5.56 Å². The molecule has 3 aromatic rings. The molecular formula is C21H20O11. The Labute approximate surface area is 179 Å². The minimum atomic E-state index is -1.78. The summed E-state index contributed by atoms with van der Waals surface area (Å²) >= 11 is 0. The second-order valence-corrected chi connectivity index (χ2v) is 7.29. The SMILES string of the molecule is O=c1c(-c2ccc(O)cc2)coc2c(O[C@H]3O[C@H](CO)[C@@H](O)[C@H](O)[C@H]3O)c(O)cc(O)c12. The van der Waals surface area contributed by atoms with E-state index in [0.717, 1.165) is 12.3 Å². The number of aromatic hydroxyl groups is 3. The number of phenols is 3. The van der Waals surface area contributed by atoms with Gasteiger partial charge in [-0.05, 0) is 17.7 Å². The number of aliphatic hydroxyl groups excluding tert-OH is 4. The van der Waals surface area contributed by atoms with Gasteiger partial charge in [-0.3, -0.25) is 4.79 Å². The van der Waals surface area contributed by atoms with Crippen molar-refractivity contribution in [1.82, 2.24) is 0 Å². The van der Waals surface area contributed by atoms with Crippen molar-refractivity contribution in [3.05, 3.63) is 46.8 Å². The molecule has 2 heterocycles. The quantitative estimate of drug-likeness (QED) is 0.279. The number of hydrogen-bond donors (Lipinski definition) is 7. The lowest BCUT2D eigenvalue weighted by Crippen LogP contribution is -2.60. The lowest BCUT2D eigenvalue weighted by atomic mass is 9.99. The summed E-state index contributed by atoms with van der Waals surface area (Å²) in [5.74, 6) is -1.75. The molecule has 0 radical (unpaired) electrons. The number of ether oxygens (including phenoxy) is 2. The maximum atomic E-state index is 13.0. The first-order valence-electron chi connectivity index (χ1n) is 9.50. The van der Waals surface area contributed by atoms with E-state index in [-0.39, 0.29) is 22.3 Å². The molecule has 11 heteroatoms. The first-order chi connectivity index (χ1) is 15.2. The fraction of sp³-hybridized carbons (Fsp3) is 0.286. The van der Waals surface area contributed by atoms with Crippen molar-refractivity contribution in [1.29, 1.82) is 0 Å². The van der Waals surface area contributed by atoms with Crippen molar-refractivity contribution >= 4 is 11.0 Å². The van der Waals surface area contributed by atoms with Crippen molar-refractivity contribution in [3.8, 4) is 34.1 Å². The zero-order chi connectivity index (χ0) is 23.2. The molecule has 0 bridgehead atoms. The number of rotatable bonds is 4. The van der Waals surface area contributed by atoms with Gasteiger partial charge in [-0.2, -0.15) is 0 Å². The maximum Gasteiger partial charge on any atom is 0.229 e. The third-order valence-electron chi connectivity index (χ3n) is 5.22. The van der Waals surface area contributed by atoms with E-state index in [9.17, 15) is 40.5 Å². The Kier molecular flexibility index (Phi) is 5.67. The standard InChI is InChI=1S/C21H20O11/c22-6-13-16(27)17(28)18(29)21(31-13)32-19-12(25)5-11(24)14-15(26)10(7-30-20(14)19)8-1-3-9(23)4-2-8/h1-5,7,13,16-18,21-25,27-29H,6H2/t13-,16-,17+,18-,21-/m1/s1. The Morgan fingerprint density at radius 2 is 1.62 bits per heavy atom. The van der Waals surface area contributed by atoms with E-state index in [4.69, 9.17) is 13.9 Å². The Morgan fingerprint density at radius 1 is 0.938 bits per heavy atom. The number of phenolic OH excluding ortho intramolecular Hbond substituents is 3. The molecule has 1 saturated heterocycles. The largest absolute Gasteiger partial charge is 0.508 e. The molecule has 1 aromatic heterocycles. The molecule has 5 atom stereocenters. The van der Waals surface area contributed by atoms with Crippen LogP contribution in [0.15, 0.2) is 45.8 Å². The van der Waals surface area contributed by atoms with Crippen LogP contribution in [0.5, 0.6) is 23.0 Å². The average molecular weight is 448 g/mol. The van der Waals surface area contributed by atoms with Crippen molar-refractivity contribution in [2.45, 2.75) is 30.7 Å². The van der Waals surface area contributed by atoms with Crippen LogP contribution in [0.2, 0.25) is 0 Å². The Hall–Kier alpha value is -3.35. The molecule has 170 valence electrons. The van der Waals surface area contributed by atoms with Crippen LogP contribution in [-0.2, 0) is 4.74 Å². The summed E-state index contributed by atoms with van der Waals surface area (Å²) in [5.41, 5.74) is -0.598. The van der Waals surface area contributed by atoms with E-state index in [1.165, 1.54) is 24.3 Å². The predicted octanol–water partition coefficient (Wildman–Crippen LogP) is -0.245. The van der Waals surface area contributed by atoms with Gasteiger partial charge in [-0.1, -0.05) is 12.1 Å². The van der Waals surface area contributed by atoms with Gasteiger partial charge in [0.2, 0.25) is 17.5 Å². The molecule has 4 rings (SSSR count). The molecule has 7 N–H and O–H groups in total. The minimum absolute atomic E-state index is 0.0121. The van der Waals surface area contributed by atoms with Crippen LogP contribution < -0.4 is 10.2 Å². The van der Waals surface area contributed by atoms with Gasteiger partial charge in [0.15, 0.2) is 11.3 Å². The predicted molar refractivity (Wildman–Crippen MR) is 107 cm³/mol. The van der Waals surface area contributed by atoms with Crippen molar-refractivity contribution in [2.75, 3.05) is 6.61 Å². The van der Waals surface area contributed by atoms with E-state index in [1.807, 2.05) is 0 Å². The highest BCUT2D eigenvalue weighted by molar-refractivity contribution is 5.93. The second-order valence-electron chi connectivity index (χ2n) is 7.29. The number of fused-ring (bicyclic) bond motifs is 1. The molecule has 0 unspecified atom stereocenters. The molecule has 0 amide bonds. The van der Waals surface area contributed by atoms with Gasteiger partial charge in [-0.15, -0.1) is 0 Å². The maximum absolute atomic E-state index is 13.0. The summed E-state index contributed by atoms with van der Waals surface area (Å²) < 4.78 is 16.2. The Balaban J connectivity index is 1.80. The van der Waals surface area contributed by atoms with Gasteiger partial charge in [-0.25, -0.2) is 0 Å². The van der Waals surface area contributed by atoms with E-state index < -0.39 is 60.0 Å². The molecular weight excluding hydrogens is 428 g/mol. The fourth-order valence-corrected chi connectivity index (χ4v) is 3.49. The van der Waals surface area contributed by atoms with Gasteiger partial charge >= 0.3 is 0 Å². The van der Waals surface area contributed by atoms with E-state index >= 15 is 0 Å². The highest BCUT2D eigenvalue weighted by Gasteiger charge is 2.45. The highest BCUT2D eigenvalue weighted by Crippen LogP contribution is 2.41. The molecule has 1 fully saturated rings. The topological polar surface area (TPSA) is 190 Å². The highest BCUT2D eigenvalue weighted by atomic mass is 16.7. The van der Waals surface area contributed by atoms with Crippen molar-refractivity contribution < 1.29 is 49.6 Å². The Morgan fingerprint density at radius 3 is 2.28 bits per heavy atom. The fourth-order valence-electron chi connectivity index (χ4n) is 3.49. The van der Waals surface area contributed by atoms with Crippen LogP contribution in [0, 0.1) is 0 Å². The van der Waals surface area contributed by atoms with Crippen LogP contribution in [0.4, 0.5) is 0 Å². The summed E-state index contributed by atoms with van der Waals surface area (Å²) in [4.78, 5) is 13.0. The molecule has 2 aromatic carbocycles. The zero-order valence-corrected chi connectivity index (χ0v) is 16.3. The second kappa shape index (κ2) is 8.30. The van der Waals surface area contributed by atoms with E-state index in [1.54, 1.807) is 0 Å². The first kappa shape index (κ1) is 21.9. The normalized spacial score (nSPS) is 25.7. The van der Waals surface area contributed by atoms with Gasteiger partial charge < -0.3 is 49.6 Å². The average Bonchev–Trinajstić information content (AvgIpc) is 2.77. The number of benzene rings is 2. The number of hydrogen-bond acceptors (Lipinski definition) is 11. The van der Waals surface area contributed by atoms with Gasteiger partial charge in [0.25, 0.3) is 0 Å². The third-order valence-corrected chi connectivity index (χ3v) is 5.22. The van der Waals surface area contributed by atoms with Crippen LogP contribution in [0.1, 0.15) is 0 Å². The molecule has 0 saturated carbocycles. The first-order valence-corrected chi connectivity index (χ1v) is 9.50. The lowest BCUT2D eigenvalue weighted by molar-refractivity contribution is -0.277. The molecule has 1 aliphatic heterocycles. The smallest absolute Gasteiger partial charge is 0.229 e. The summed E-state index contributed by atoms with van der Waals surface area (Å²) in [7, 11) is 0. The van der Waals surface area contributed by atoms with Crippen LogP contribution in [-0.4, -0.2) is 73.1 Å². The molecule has 32 heavy (non-hydrogen) atoms. The zero-order valence-electron chi connectivity index (χ0n) is 16.3. The van der Waals surface area contributed by atoms with Crippen molar-refractivity contribution in [2.24, 2.45) is 0 Å². The summed E-state index contributed by atoms with van der Waals surface area (Å²) in [6.07, 6.45) is -6.99. The number of aliphatic hydroxyl groups is 4. The van der Waals surface area contributed by atoms with E-state index in [2.05, 4.69) is 0 Å².